The number of piperazine rings is 1. The van der Waals surface area contributed by atoms with E-state index in [-0.39, 0.29) is 11.7 Å². The number of rotatable bonds is 5. The SMILES string of the molecule is CC(=O)c1ccccc1NC(=O)CN1CCN(c2cnccn2)CC1. The van der Waals surface area contributed by atoms with Crippen molar-refractivity contribution in [2.45, 2.75) is 6.92 Å². The summed E-state index contributed by atoms with van der Waals surface area (Å²) in [4.78, 5) is 36.6. The molecule has 0 saturated carbocycles. The minimum atomic E-state index is -0.110. The molecule has 0 aliphatic carbocycles. The first-order valence-electron chi connectivity index (χ1n) is 8.26. The van der Waals surface area contributed by atoms with E-state index in [1.54, 1.807) is 36.8 Å². The number of ketones is 1. The summed E-state index contributed by atoms with van der Waals surface area (Å²) in [5, 5.41) is 2.84. The monoisotopic (exact) mass is 339 g/mol. The van der Waals surface area contributed by atoms with Crippen LogP contribution in [-0.2, 0) is 4.79 Å². The Hall–Kier alpha value is -2.80. The van der Waals surface area contributed by atoms with Crippen molar-refractivity contribution >= 4 is 23.2 Å². The predicted octanol–water partition coefficient (Wildman–Crippen LogP) is 1.44. The molecule has 1 aromatic carbocycles. The highest BCUT2D eigenvalue weighted by atomic mass is 16.2. The average Bonchev–Trinajstić information content (AvgIpc) is 2.63. The molecule has 1 amide bonds. The van der Waals surface area contributed by atoms with E-state index in [2.05, 4.69) is 25.1 Å². The van der Waals surface area contributed by atoms with Gasteiger partial charge in [-0.25, -0.2) is 4.98 Å². The summed E-state index contributed by atoms with van der Waals surface area (Å²) in [5.41, 5.74) is 1.10. The zero-order valence-electron chi connectivity index (χ0n) is 14.2. The third-order valence-corrected chi connectivity index (χ3v) is 4.19. The molecule has 7 heteroatoms. The molecule has 2 heterocycles. The van der Waals surface area contributed by atoms with Crippen LogP contribution in [0.3, 0.4) is 0 Å². The highest BCUT2D eigenvalue weighted by molar-refractivity contribution is 6.04. The summed E-state index contributed by atoms with van der Waals surface area (Å²) in [6.07, 6.45) is 5.09. The first-order chi connectivity index (χ1) is 12.1. The first kappa shape index (κ1) is 17.0. The van der Waals surface area contributed by atoms with Gasteiger partial charge in [-0.2, -0.15) is 0 Å². The molecular weight excluding hydrogens is 318 g/mol. The van der Waals surface area contributed by atoms with Gasteiger partial charge in [0.25, 0.3) is 0 Å². The van der Waals surface area contributed by atoms with Gasteiger partial charge in [-0.05, 0) is 19.1 Å². The lowest BCUT2D eigenvalue weighted by molar-refractivity contribution is -0.117. The number of benzene rings is 1. The van der Waals surface area contributed by atoms with E-state index in [0.717, 1.165) is 32.0 Å². The van der Waals surface area contributed by atoms with E-state index >= 15 is 0 Å². The van der Waals surface area contributed by atoms with Gasteiger partial charge < -0.3 is 10.2 Å². The molecule has 1 aliphatic heterocycles. The van der Waals surface area contributed by atoms with Crippen LogP contribution in [0.4, 0.5) is 11.5 Å². The topological polar surface area (TPSA) is 78.4 Å². The Kier molecular flexibility index (Phi) is 5.35. The largest absolute Gasteiger partial charge is 0.353 e. The van der Waals surface area contributed by atoms with Gasteiger partial charge in [0, 0.05) is 44.1 Å². The number of amides is 1. The van der Waals surface area contributed by atoms with Gasteiger partial charge in [0.05, 0.1) is 18.4 Å². The number of nitrogens with one attached hydrogen (secondary N) is 1. The summed E-state index contributed by atoms with van der Waals surface area (Å²) < 4.78 is 0. The van der Waals surface area contributed by atoms with Crippen molar-refractivity contribution in [2.24, 2.45) is 0 Å². The molecule has 0 atom stereocenters. The van der Waals surface area contributed by atoms with Crippen LogP contribution in [0.25, 0.3) is 0 Å². The van der Waals surface area contributed by atoms with Crippen LogP contribution in [0.2, 0.25) is 0 Å². The van der Waals surface area contributed by atoms with E-state index in [1.165, 1.54) is 6.92 Å². The maximum atomic E-state index is 12.3. The molecule has 1 aliphatic rings. The number of para-hydroxylation sites is 1. The Morgan fingerprint density at radius 1 is 1.12 bits per heavy atom. The van der Waals surface area contributed by atoms with Crippen molar-refractivity contribution in [1.29, 1.82) is 0 Å². The van der Waals surface area contributed by atoms with Crippen molar-refractivity contribution in [3.05, 3.63) is 48.4 Å². The maximum absolute atomic E-state index is 12.3. The summed E-state index contributed by atoms with van der Waals surface area (Å²) in [5.74, 6) is 0.692. The highest BCUT2D eigenvalue weighted by Crippen LogP contribution is 2.16. The van der Waals surface area contributed by atoms with Crippen LogP contribution in [0.5, 0.6) is 0 Å². The van der Waals surface area contributed by atoms with Crippen LogP contribution in [0, 0.1) is 0 Å². The summed E-state index contributed by atoms with van der Waals surface area (Å²) in [7, 11) is 0. The van der Waals surface area contributed by atoms with Gasteiger partial charge in [-0.3, -0.25) is 19.5 Å². The number of anilines is 2. The lowest BCUT2D eigenvalue weighted by Gasteiger charge is -2.34. The Balaban J connectivity index is 1.52. The van der Waals surface area contributed by atoms with E-state index < -0.39 is 0 Å². The van der Waals surface area contributed by atoms with E-state index in [0.29, 0.717) is 17.8 Å². The van der Waals surface area contributed by atoms with Crippen LogP contribution < -0.4 is 10.2 Å². The number of carbonyl (C=O) groups is 2. The molecule has 1 aromatic heterocycles. The second kappa shape index (κ2) is 7.85. The average molecular weight is 339 g/mol. The maximum Gasteiger partial charge on any atom is 0.238 e. The summed E-state index contributed by atoms with van der Waals surface area (Å²) in [6.45, 7) is 4.96. The summed E-state index contributed by atoms with van der Waals surface area (Å²) >= 11 is 0. The number of carbonyl (C=O) groups excluding carboxylic acids is 2. The quantitative estimate of drug-likeness (QED) is 0.831. The van der Waals surface area contributed by atoms with Crippen molar-refractivity contribution in [2.75, 3.05) is 42.9 Å². The van der Waals surface area contributed by atoms with Gasteiger partial charge in [0.2, 0.25) is 5.91 Å². The number of aromatic nitrogens is 2. The molecule has 1 N–H and O–H groups in total. The van der Waals surface area contributed by atoms with Crippen molar-refractivity contribution < 1.29 is 9.59 Å². The molecule has 0 bridgehead atoms. The molecule has 7 nitrogen and oxygen atoms in total. The molecule has 130 valence electrons. The fraction of sp³-hybridized carbons (Fsp3) is 0.333. The van der Waals surface area contributed by atoms with Gasteiger partial charge >= 0.3 is 0 Å². The molecule has 3 rings (SSSR count). The third-order valence-electron chi connectivity index (χ3n) is 4.19. The molecular formula is C18H21N5O2. The van der Waals surface area contributed by atoms with Gasteiger partial charge in [-0.1, -0.05) is 12.1 Å². The normalized spacial score (nSPS) is 15.0. The molecule has 1 fully saturated rings. The number of Topliss-reactive ketones (excluding diaryl/α,β-unsaturated/α-hetero) is 1. The van der Waals surface area contributed by atoms with Crippen molar-refractivity contribution in [1.82, 2.24) is 14.9 Å². The first-order valence-corrected chi connectivity index (χ1v) is 8.26. The fourth-order valence-electron chi connectivity index (χ4n) is 2.88. The highest BCUT2D eigenvalue weighted by Gasteiger charge is 2.20. The fourth-order valence-corrected chi connectivity index (χ4v) is 2.88. The number of hydrogen-bond acceptors (Lipinski definition) is 6. The van der Waals surface area contributed by atoms with Gasteiger partial charge in [-0.15, -0.1) is 0 Å². The van der Waals surface area contributed by atoms with Crippen LogP contribution >= 0.6 is 0 Å². The minimum absolute atomic E-state index is 0.0616. The van der Waals surface area contributed by atoms with Crippen LogP contribution in [-0.4, -0.2) is 59.3 Å². The van der Waals surface area contributed by atoms with E-state index in [1.807, 2.05) is 6.07 Å². The molecule has 0 radical (unpaired) electrons. The molecule has 2 aromatic rings. The summed E-state index contributed by atoms with van der Waals surface area (Å²) in [6, 6.07) is 7.07. The minimum Gasteiger partial charge on any atom is -0.353 e. The predicted molar refractivity (Wildman–Crippen MR) is 95.8 cm³/mol. The van der Waals surface area contributed by atoms with E-state index in [9.17, 15) is 9.59 Å². The van der Waals surface area contributed by atoms with Gasteiger partial charge in [0.1, 0.15) is 5.82 Å². The van der Waals surface area contributed by atoms with Crippen LogP contribution in [0.15, 0.2) is 42.9 Å². The van der Waals surface area contributed by atoms with Gasteiger partial charge in [0.15, 0.2) is 5.78 Å². The second-order valence-corrected chi connectivity index (χ2v) is 5.98. The Morgan fingerprint density at radius 3 is 2.56 bits per heavy atom. The second-order valence-electron chi connectivity index (χ2n) is 5.98. The van der Waals surface area contributed by atoms with Crippen LogP contribution in [0.1, 0.15) is 17.3 Å². The number of hydrogen-bond donors (Lipinski definition) is 1. The lowest BCUT2D eigenvalue weighted by atomic mass is 10.1. The Morgan fingerprint density at radius 2 is 1.88 bits per heavy atom. The molecule has 0 unspecified atom stereocenters. The van der Waals surface area contributed by atoms with E-state index in [4.69, 9.17) is 0 Å². The Bertz CT molecular complexity index is 742. The van der Waals surface area contributed by atoms with Crippen molar-refractivity contribution in [3.8, 4) is 0 Å². The molecule has 0 spiro atoms. The number of nitrogens with zero attached hydrogens (tertiary/aromatic N) is 4. The lowest BCUT2D eigenvalue weighted by Crippen LogP contribution is -2.49. The third kappa shape index (κ3) is 4.39. The zero-order chi connectivity index (χ0) is 17.6. The molecule has 1 saturated heterocycles. The zero-order valence-corrected chi connectivity index (χ0v) is 14.2. The Labute approximate surface area is 146 Å². The smallest absolute Gasteiger partial charge is 0.238 e. The molecule has 25 heavy (non-hydrogen) atoms. The standard InChI is InChI=1S/C18H21N5O2/c1-14(24)15-4-2-3-5-16(15)21-18(25)13-22-8-10-23(11-9-22)17-12-19-6-7-20-17/h2-7,12H,8-11,13H2,1H3,(H,21,25). The van der Waals surface area contributed by atoms with Crippen molar-refractivity contribution in [3.63, 3.8) is 0 Å².